The molecule has 10 heteroatoms. The summed E-state index contributed by atoms with van der Waals surface area (Å²) < 4.78 is 40.3. The third-order valence-electron chi connectivity index (χ3n) is 3.17. The molecule has 1 amide bonds. The highest BCUT2D eigenvalue weighted by Gasteiger charge is 2.21. The highest BCUT2D eigenvalue weighted by molar-refractivity contribution is 7.89. The van der Waals surface area contributed by atoms with Crippen LogP contribution in [-0.4, -0.2) is 31.1 Å². The number of hydrogen-bond donors (Lipinski definition) is 2. The van der Waals surface area contributed by atoms with Crippen LogP contribution >= 0.6 is 11.3 Å². The van der Waals surface area contributed by atoms with Crippen LogP contribution in [0.4, 0.5) is 9.52 Å². The number of anilines is 1. The second-order valence-electron chi connectivity index (χ2n) is 5.84. The summed E-state index contributed by atoms with van der Waals surface area (Å²) in [5.74, 6) is -1.15. The number of carbonyl (C=O) groups excluding carboxylic acids is 1. The number of sulfonamides is 1. The first kappa shape index (κ1) is 20.1. The van der Waals surface area contributed by atoms with Crippen molar-refractivity contribution in [1.29, 1.82) is 0 Å². The van der Waals surface area contributed by atoms with Gasteiger partial charge in [0, 0.05) is 18.5 Å². The van der Waals surface area contributed by atoms with E-state index >= 15 is 0 Å². The Bertz CT molecular complexity index is 910. The van der Waals surface area contributed by atoms with Gasteiger partial charge in [-0.1, -0.05) is 31.3 Å². The fourth-order valence-corrected chi connectivity index (χ4v) is 4.05. The van der Waals surface area contributed by atoms with Crippen LogP contribution in [-0.2, 0) is 16.4 Å². The molecule has 0 aliphatic rings. The summed E-state index contributed by atoms with van der Waals surface area (Å²) in [6.45, 7) is 7.43. The van der Waals surface area contributed by atoms with Crippen LogP contribution in [0.25, 0.3) is 0 Å². The lowest BCUT2D eigenvalue weighted by Crippen LogP contribution is -2.25. The number of hydrogen-bond acceptors (Lipinski definition) is 6. The minimum Gasteiger partial charge on any atom is -0.296 e. The van der Waals surface area contributed by atoms with Crippen LogP contribution < -0.4 is 10.0 Å². The van der Waals surface area contributed by atoms with Gasteiger partial charge < -0.3 is 0 Å². The van der Waals surface area contributed by atoms with E-state index < -0.39 is 26.6 Å². The predicted octanol–water partition coefficient (Wildman–Crippen LogP) is 2.59. The molecule has 0 bridgehead atoms. The summed E-state index contributed by atoms with van der Waals surface area (Å²) in [5.41, 5.74) is -0.00834. The Morgan fingerprint density at radius 3 is 2.77 bits per heavy atom. The first-order valence-electron chi connectivity index (χ1n) is 7.76. The Balaban J connectivity index is 2.20. The molecule has 1 heterocycles. The maximum absolute atomic E-state index is 13.9. The standard InChI is InChI=1S/C16H19FN4O3S2/c1-4-7-18-26(23,24)13-9-11(5-6-12(13)17)15(22)19-16-21-20-14(25-16)8-10(2)3/h4-6,9-10,18H,1,7-8H2,2-3H3,(H,19,21,22). The average molecular weight is 398 g/mol. The second-order valence-corrected chi connectivity index (χ2v) is 8.64. The molecule has 0 spiro atoms. The van der Waals surface area contributed by atoms with Gasteiger partial charge in [-0.05, 0) is 24.1 Å². The fourth-order valence-electron chi connectivity index (χ4n) is 2.00. The number of aromatic nitrogens is 2. The number of nitrogens with one attached hydrogen (secondary N) is 2. The van der Waals surface area contributed by atoms with Crippen molar-refractivity contribution in [2.75, 3.05) is 11.9 Å². The van der Waals surface area contributed by atoms with Gasteiger partial charge in [0.15, 0.2) is 0 Å². The van der Waals surface area contributed by atoms with E-state index in [1.165, 1.54) is 23.5 Å². The van der Waals surface area contributed by atoms with Gasteiger partial charge in [-0.3, -0.25) is 10.1 Å². The molecule has 2 N–H and O–H groups in total. The molecule has 0 saturated carbocycles. The maximum Gasteiger partial charge on any atom is 0.257 e. The molecule has 2 rings (SSSR count). The Kier molecular flexibility index (Phi) is 6.57. The molecule has 0 unspecified atom stereocenters. The largest absolute Gasteiger partial charge is 0.296 e. The van der Waals surface area contributed by atoms with Crippen LogP contribution in [0.1, 0.15) is 29.2 Å². The smallest absolute Gasteiger partial charge is 0.257 e. The molecule has 0 radical (unpaired) electrons. The summed E-state index contributed by atoms with van der Waals surface area (Å²) >= 11 is 1.24. The average Bonchev–Trinajstić information content (AvgIpc) is 2.99. The van der Waals surface area contributed by atoms with Gasteiger partial charge in [-0.15, -0.1) is 16.8 Å². The summed E-state index contributed by atoms with van der Waals surface area (Å²) in [7, 11) is -4.09. The van der Waals surface area contributed by atoms with Gasteiger partial charge in [0.25, 0.3) is 5.91 Å². The second kappa shape index (κ2) is 8.47. The third-order valence-corrected chi connectivity index (χ3v) is 5.47. The van der Waals surface area contributed by atoms with Crippen LogP contribution in [0.5, 0.6) is 0 Å². The number of nitrogens with zero attached hydrogens (tertiary/aromatic N) is 2. The Morgan fingerprint density at radius 1 is 1.38 bits per heavy atom. The van der Waals surface area contributed by atoms with Crippen molar-refractivity contribution in [3.63, 3.8) is 0 Å². The van der Waals surface area contributed by atoms with Gasteiger partial charge in [0.1, 0.15) is 15.7 Å². The van der Waals surface area contributed by atoms with Gasteiger partial charge in [0.05, 0.1) is 0 Å². The minimum atomic E-state index is -4.09. The van der Waals surface area contributed by atoms with Gasteiger partial charge in [-0.2, -0.15) is 0 Å². The normalized spacial score (nSPS) is 11.5. The van der Waals surface area contributed by atoms with E-state index in [9.17, 15) is 17.6 Å². The quantitative estimate of drug-likeness (QED) is 0.666. The van der Waals surface area contributed by atoms with Gasteiger partial charge in [0.2, 0.25) is 15.2 Å². The number of rotatable bonds is 8. The third kappa shape index (κ3) is 5.16. The Hall–Kier alpha value is -2.17. The number of amides is 1. The van der Waals surface area contributed by atoms with Crippen LogP contribution in [0, 0.1) is 11.7 Å². The molecule has 0 atom stereocenters. The van der Waals surface area contributed by atoms with E-state index in [2.05, 4.69) is 26.8 Å². The Labute approximate surface area is 155 Å². The molecule has 0 saturated heterocycles. The van der Waals surface area contributed by atoms with E-state index in [0.717, 1.165) is 23.6 Å². The van der Waals surface area contributed by atoms with Crippen LogP contribution in [0.15, 0.2) is 35.7 Å². The van der Waals surface area contributed by atoms with Crippen molar-refractivity contribution in [3.8, 4) is 0 Å². The Morgan fingerprint density at radius 2 is 2.12 bits per heavy atom. The van der Waals surface area contributed by atoms with Crippen molar-refractivity contribution in [3.05, 3.63) is 47.2 Å². The summed E-state index contributed by atoms with van der Waals surface area (Å²) in [5, 5.41) is 11.5. The van der Waals surface area contributed by atoms with E-state index in [-0.39, 0.29) is 12.1 Å². The minimum absolute atomic E-state index is 0.00834. The molecule has 26 heavy (non-hydrogen) atoms. The van der Waals surface area contributed by atoms with Gasteiger partial charge >= 0.3 is 0 Å². The lowest BCUT2D eigenvalue weighted by atomic mass is 10.1. The topological polar surface area (TPSA) is 101 Å². The van der Waals surface area contributed by atoms with Gasteiger partial charge in [-0.25, -0.2) is 17.5 Å². The summed E-state index contributed by atoms with van der Waals surface area (Å²) in [4.78, 5) is 11.7. The maximum atomic E-state index is 13.9. The predicted molar refractivity (Wildman–Crippen MR) is 98.2 cm³/mol. The summed E-state index contributed by atoms with van der Waals surface area (Å²) in [6, 6.07) is 3.11. The first-order chi connectivity index (χ1) is 12.2. The zero-order valence-corrected chi connectivity index (χ0v) is 16.0. The van der Waals surface area contributed by atoms with Crippen molar-refractivity contribution in [2.45, 2.75) is 25.2 Å². The summed E-state index contributed by atoms with van der Waals surface area (Å²) in [6.07, 6.45) is 2.07. The van der Waals surface area contributed by atoms with Crippen molar-refractivity contribution < 1.29 is 17.6 Å². The van der Waals surface area contributed by atoms with E-state index in [1.807, 2.05) is 13.8 Å². The molecule has 0 fully saturated rings. The molecule has 0 aliphatic heterocycles. The van der Waals surface area contributed by atoms with Crippen LogP contribution in [0.3, 0.4) is 0 Å². The number of benzene rings is 1. The van der Waals surface area contributed by atoms with Crippen LogP contribution in [0.2, 0.25) is 0 Å². The van der Waals surface area contributed by atoms with E-state index in [1.54, 1.807) is 0 Å². The first-order valence-corrected chi connectivity index (χ1v) is 10.1. The highest BCUT2D eigenvalue weighted by atomic mass is 32.2. The fraction of sp³-hybridized carbons (Fsp3) is 0.312. The monoisotopic (exact) mass is 398 g/mol. The molecule has 1 aromatic carbocycles. The molecular weight excluding hydrogens is 379 g/mol. The molecule has 2 aromatic rings. The van der Waals surface area contributed by atoms with E-state index in [0.29, 0.717) is 11.0 Å². The number of halogens is 1. The van der Waals surface area contributed by atoms with Crippen molar-refractivity contribution >= 4 is 32.4 Å². The van der Waals surface area contributed by atoms with Crippen molar-refractivity contribution in [2.24, 2.45) is 5.92 Å². The number of carbonyl (C=O) groups is 1. The van der Waals surface area contributed by atoms with E-state index in [4.69, 9.17) is 0 Å². The molecule has 7 nitrogen and oxygen atoms in total. The zero-order chi connectivity index (χ0) is 19.3. The molecular formula is C16H19FN4O3S2. The lowest BCUT2D eigenvalue weighted by Gasteiger charge is -2.08. The molecule has 140 valence electrons. The highest BCUT2D eigenvalue weighted by Crippen LogP contribution is 2.21. The SMILES string of the molecule is C=CCNS(=O)(=O)c1cc(C(=O)Nc2nnc(CC(C)C)s2)ccc1F. The van der Waals surface area contributed by atoms with Crippen molar-refractivity contribution in [1.82, 2.24) is 14.9 Å². The zero-order valence-electron chi connectivity index (χ0n) is 14.3. The lowest BCUT2D eigenvalue weighted by molar-refractivity contribution is 0.102. The molecule has 1 aromatic heterocycles. The molecule has 0 aliphatic carbocycles.